The van der Waals surface area contributed by atoms with Crippen LogP contribution in [0.25, 0.3) is 33.6 Å². The average molecular weight is 625 g/mol. The first-order chi connectivity index (χ1) is 21.5. The summed E-state index contributed by atoms with van der Waals surface area (Å²) in [7, 11) is 2.84. The van der Waals surface area contributed by atoms with E-state index in [0.717, 1.165) is 5.56 Å². The van der Waals surface area contributed by atoms with Crippen molar-refractivity contribution >= 4 is 0 Å². The van der Waals surface area contributed by atoms with Gasteiger partial charge in [0.2, 0.25) is 11.8 Å². The van der Waals surface area contributed by atoms with E-state index in [-0.39, 0.29) is 51.5 Å². The van der Waals surface area contributed by atoms with E-state index in [0.29, 0.717) is 44.8 Å². The molecule has 45 heavy (non-hydrogen) atoms. The zero-order valence-electron chi connectivity index (χ0n) is 24.7. The Bertz CT molecular complexity index is 1710. The van der Waals surface area contributed by atoms with Crippen molar-refractivity contribution in [2.24, 2.45) is 0 Å². The highest BCUT2D eigenvalue weighted by atomic mass is 19.4. The molecule has 2 fully saturated rings. The number of aromatic nitrogens is 2. The number of pyridine rings is 2. The van der Waals surface area contributed by atoms with E-state index in [2.05, 4.69) is 9.97 Å². The minimum atomic E-state index is -4.84. The summed E-state index contributed by atoms with van der Waals surface area (Å²) in [5.41, 5.74) is -0.126. The molecule has 4 aromatic rings. The molecule has 0 radical (unpaired) electrons. The third-order valence-electron chi connectivity index (χ3n) is 8.12. The molecule has 8 nitrogen and oxygen atoms in total. The van der Waals surface area contributed by atoms with Gasteiger partial charge in [-0.1, -0.05) is 42.5 Å². The van der Waals surface area contributed by atoms with Crippen LogP contribution >= 0.6 is 0 Å². The van der Waals surface area contributed by atoms with Crippen molar-refractivity contribution in [1.29, 1.82) is 0 Å². The Hall–Kier alpha value is -4.10. The molecule has 4 heterocycles. The molecule has 2 aliphatic rings. The van der Waals surface area contributed by atoms with E-state index in [1.54, 1.807) is 18.2 Å². The molecule has 2 aromatic carbocycles. The minimum Gasteiger partial charge on any atom is -0.481 e. The maximum absolute atomic E-state index is 16.2. The second kappa shape index (κ2) is 12.4. The van der Waals surface area contributed by atoms with Crippen molar-refractivity contribution in [3.05, 3.63) is 83.2 Å². The number of hydrogen-bond acceptors (Lipinski definition) is 8. The van der Waals surface area contributed by atoms with Gasteiger partial charge in [0.25, 0.3) is 0 Å². The molecule has 2 aliphatic heterocycles. The van der Waals surface area contributed by atoms with Crippen molar-refractivity contribution in [2.45, 2.75) is 31.5 Å². The fourth-order valence-electron chi connectivity index (χ4n) is 5.89. The standard InChI is InChI=1S/C33H32F4N4O4/c1-44-31-19(13-40-15-21(42)16-40)9-11-27(38-31)25-7-3-5-23(29(25)33(35,36)37)24-6-4-8-26(30(24)34)28-12-10-20(32(39-28)45-2)14-41-17-22(43)18-41/h3-12,21-22,42-43H,13-18H2,1-2H3. The van der Waals surface area contributed by atoms with Gasteiger partial charge in [0.15, 0.2) is 0 Å². The minimum absolute atomic E-state index is 0.0236. The smallest absolute Gasteiger partial charge is 0.417 e. The van der Waals surface area contributed by atoms with Crippen LogP contribution in [0.4, 0.5) is 17.6 Å². The molecule has 0 spiro atoms. The van der Waals surface area contributed by atoms with Gasteiger partial charge in [-0.05, 0) is 23.8 Å². The predicted octanol–water partition coefficient (Wildman–Crippen LogP) is 5.01. The number of likely N-dealkylation sites (tertiary alicyclic amines) is 2. The summed E-state index contributed by atoms with van der Waals surface area (Å²) >= 11 is 0. The van der Waals surface area contributed by atoms with Crippen LogP contribution in [-0.2, 0) is 19.3 Å². The molecule has 0 atom stereocenters. The Labute approximate surface area is 257 Å². The first-order valence-corrected chi connectivity index (χ1v) is 14.4. The van der Waals surface area contributed by atoms with Crippen LogP contribution in [0.1, 0.15) is 16.7 Å². The highest BCUT2D eigenvalue weighted by molar-refractivity contribution is 5.81. The van der Waals surface area contributed by atoms with E-state index in [1.807, 2.05) is 9.80 Å². The molecule has 0 bridgehead atoms. The third kappa shape index (κ3) is 6.23. The lowest BCUT2D eigenvalue weighted by Gasteiger charge is -2.35. The highest BCUT2D eigenvalue weighted by Gasteiger charge is 2.38. The summed E-state index contributed by atoms with van der Waals surface area (Å²) in [4.78, 5) is 12.9. The number of alkyl halides is 3. The Kier molecular flexibility index (Phi) is 8.49. The van der Waals surface area contributed by atoms with Crippen molar-refractivity contribution in [3.8, 4) is 45.4 Å². The van der Waals surface area contributed by atoms with Crippen molar-refractivity contribution in [2.75, 3.05) is 40.4 Å². The lowest BCUT2D eigenvalue weighted by Crippen LogP contribution is -2.49. The fourth-order valence-corrected chi connectivity index (χ4v) is 5.89. The van der Waals surface area contributed by atoms with E-state index in [9.17, 15) is 23.4 Å². The number of β-amino-alcohol motifs (C(OH)–C–C–N with tert-alkyl or cyclic N) is 2. The molecule has 0 unspecified atom stereocenters. The van der Waals surface area contributed by atoms with Gasteiger partial charge in [0.1, 0.15) is 5.82 Å². The second-order valence-electron chi connectivity index (χ2n) is 11.3. The van der Waals surface area contributed by atoms with Crippen LogP contribution in [-0.4, -0.2) is 82.6 Å². The van der Waals surface area contributed by atoms with Crippen molar-refractivity contribution < 1.29 is 37.2 Å². The quantitative estimate of drug-likeness (QED) is 0.252. The zero-order valence-corrected chi connectivity index (χ0v) is 24.7. The number of ether oxygens (including phenoxy) is 2. The number of hydrogen-bond donors (Lipinski definition) is 2. The zero-order chi connectivity index (χ0) is 31.9. The molecule has 2 N–H and O–H groups in total. The third-order valence-corrected chi connectivity index (χ3v) is 8.12. The fraction of sp³-hybridized carbons (Fsp3) is 0.333. The largest absolute Gasteiger partial charge is 0.481 e. The van der Waals surface area contributed by atoms with Gasteiger partial charge >= 0.3 is 6.18 Å². The van der Waals surface area contributed by atoms with Gasteiger partial charge < -0.3 is 19.7 Å². The molecular weight excluding hydrogens is 592 g/mol. The van der Waals surface area contributed by atoms with Crippen molar-refractivity contribution in [3.63, 3.8) is 0 Å². The van der Waals surface area contributed by atoms with E-state index >= 15 is 4.39 Å². The number of benzene rings is 2. The molecule has 236 valence electrons. The summed E-state index contributed by atoms with van der Waals surface area (Å²) in [6, 6.07) is 14.8. The first kappa shape index (κ1) is 30.9. The number of nitrogens with zero attached hydrogens (tertiary/aromatic N) is 4. The Morgan fingerprint density at radius 3 is 1.60 bits per heavy atom. The topological polar surface area (TPSA) is 91.2 Å². The maximum Gasteiger partial charge on any atom is 0.417 e. The summed E-state index contributed by atoms with van der Waals surface area (Å²) in [5.74, 6) is -0.411. The van der Waals surface area contributed by atoms with Crippen LogP contribution in [0.2, 0.25) is 0 Å². The molecule has 0 aliphatic carbocycles. The van der Waals surface area contributed by atoms with E-state index in [1.165, 1.54) is 56.7 Å². The van der Waals surface area contributed by atoms with Gasteiger partial charge in [-0.2, -0.15) is 13.2 Å². The van der Waals surface area contributed by atoms with E-state index in [4.69, 9.17) is 9.47 Å². The van der Waals surface area contributed by atoms with Crippen LogP contribution in [0, 0.1) is 5.82 Å². The van der Waals surface area contributed by atoms with Crippen molar-refractivity contribution in [1.82, 2.24) is 19.8 Å². The molecule has 6 rings (SSSR count). The number of aliphatic hydroxyl groups is 2. The average Bonchev–Trinajstić information content (AvgIpc) is 2.99. The van der Waals surface area contributed by atoms with Crippen LogP contribution in [0.15, 0.2) is 60.7 Å². The van der Waals surface area contributed by atoms with E-state index < -0.39 is 23.7 Å². The maximum atomic E-state index is 16.2. The van der Waals surface area contributed by atoms with Gasteiger partial charge in [-0.15, -0.1) is 0 Å². The summed E-state index contributed by atoms with van der Waals surface area (Å²) in [6.07, 6.45) is -5.62. The predicted molar refractivity (Wildman–Crippen MR) is 159 cm³/mol. The first-order valence-electron chi connectivity index (χ1n) is 14.4. The Balaban J connectivity index is 1.38. The normalized spacial score (nSPS) is 16.4. The Morgan fingerprint density at radius 2 is 1.13 bits per heavy atom. The number of aliphatic hydroxyl groups excluding tert-OH is 2. The SMILES string of the molecule is COc1nc(-c2cccc(-c3cccc(-c4ccc(CN5CC(O)C5)c(OC)n4)c3C(F)(F)F)c2F)ccc1CN1CC(O)C1. The molecule has 2 saturated heterocycles. The molecule has 0 amide bonds. The summed E-state index contributed by atoms with van der Waals surface area (Å²) in [6.45, 7) is 2.95. The van der Waals surface area contributed by atoms with Crippen LogP contribution < -0.4 is 9.47 Å². The van der Waals surface area contributed by atoms with Gasteiger partial charge in [-0.25, -0.2) is 14.4 Å². The monoisotopic (exact) mass is 624 g/mol. The molecular formula is C33H32F4N4O4. The van der Waals surface area contributed by atoms with Gasteiger partial charge in [0, 0.05) is 67.1 Å². The van der Waals surface area contributed by atoms with Gasteiger partial charge in [-0.3, -0.25) is 9.80 Å². The van der Waals surface area contributed by atoms with Crippen LogP contribution in [0.5, 0.6) is 11.8 Å². The van der Waals surface area contributed by atoms with Crippen LogP contribution in [0.3, 0.4) is 0 Å². The molecule has 0 saturated carbocycles. The number of rotatable bonds is 9. The Morgan fingerprint density at radius 1 is 0.689 bits per heavy atom. The number of halogens is 4. The lowest BCUT2D eigenvalue weighted by atomic mass is 9.91. The summed E-state index contributed by atoms with van der Waals surface area (Å²) in [5, 5.41) is 19.2. The molecule has 12 heteroatoms. The number of methoxy groups -OCH3 is 2. The highest BCUT2D eigenvalue weighted by Crippen LogP contribution is 2.45. The lowest BCUT2D eigenvalue weighted by molar-refractivity contribution is -0.136. The molecule has 2 aromatic heterocycles. The summed E-state index contributed by atoms with van der Waals surface area (Å²) < 4.78 is 71.5. The van der Waals surface area contributed by atoms with Gasteiger partial charge in [0.05, 0.1) is 43.4 Å². The second-order valence-corrected chi connectivity index (χ2v) is 11.3.